The maximum Gasteiger partial charge on any atom is 0.0873 e. The Bertz CT molecular complexity index is 1780. The van der Waals surface area contributed by atoms with Gasteiger partial charge in [-0.05, 0) is 12.8 Å². The molecule has 0 saturated heterocycles. The van der Waals surface area contributed by atoms with E-state index in [1.807, 2.05) is 0 Å². The molecule has 794 valence electrons. The molecule has 1 N–H and O–H groups in total. The number of hydrogen-bond donors (Lipinski definition) is 1. The third-order valence-corrected chi connectivity index (χ3v) is 31.2. The van der Waals surface area contributed by atoms with Crippen LogP contribution < -0.4 is 0 Å². The molecule has 0 atom stereocenters. The summed E-state index contributed by atoms with van der Waals surface area (Å²) in [5, 5.41) is 8.83. The van der Waals surface area contributed by atoms with Crippen molar-refractivity contribution in [2.45, 2.75) is 810 Å². The summed E-state index contributed by atoms with van der Waals surface area (Å²) in [6, 6.07) is 0. The Kier molecular flexibility index (Phi) is 136. The summed E-state index contributed by atoms with van der Waals surface area (Å²) >= 11 is 0. The van der Waals surface area contributed by atoms with E-state index in [2.05, 4.69) is 20.4 Å². The highest BCUT2D eigenvalue weighted by Crippen LogP contribution is 2.26. The summed E-state index contributed by atoms with van der Waals surface area (Å²) in [5.41, 5.74) is 0. The van der Waals surface area contributed by atoms with Gasteiger partial charge in [0.15, 0.2) is 0 Å². The van der Waals surface area contributed by atoms with Crippen molar-refractivity contribution in [1.29, 1.82) is 0 Å². The standard InChI is InChI=1S/C66H132O.C64H130O/c1-3-5-6-7-8-9-10-11-12-13-14-15-16-17-18-19-20-21-22-23-24-25-26-27-28-29-30-31-32-33-34-35-36-37-38-39-40-41-42-43-44-45-46-47-48-49-50-51-52-53-54-55-56-57-58-59-60-61-62-63-64-65-66-67-4-2;1-2-3-4-5-6-7-8-9-10-11-12-13-14-15-16-17-18-19-20-21-22-23-24-25-26-27-28-29-30-31-32-33-34-35-36-37-38-39-40-41-42-43-44-45-46-47-48-49-50-51-52-53-54-55-56-57-58-59-60-61-62-63-64-65/h4H,2-3,5-66H2,1H3;65H,2-64H2,1H3. The first-order chi connectivity index (χ1) is 65.8. The summed E-state index contributed by atoms with van der Waals surface area (Å²) in [7, 11) is 0. The topological polar surface area (TPSA) is 29.5 Å². The highest BCUT2D eigenvalue weighted by atomic mass is 16.5. The van der Waals surface area contributed by atoms with E-state index in [4.69, 9.17) is 9.84 Å². The van der Waals surface area contributed by atoms with Crippen LogP contribution in [0.5, 0.6) is 0 Å². The molecule has 0 heterocycles. The Balaban J connectivity index is 0. The highest BCUT2D eigenvalue weighted by Gasteiger charge is 2.07. The van der Waals surface area contributed by atoms with Crippen molar-refractivity contribution in [2.24, 2.45) is 0 Å². The van der Waals surface area contributed by atoms with Gasteiger partial charge >= 0.3 is 0 Å². The van der Waals surface area contributed by atoms with E-state index in [-0.39, 0.29) is 0 Å². The van der Waals surface area contributed by atoms with E-state index in [1.54, 1.807) is 6.26 Å². The lowest BCUT2D eigenvalue weighted by molar-refractivity contribution is 0.241. The first kappa shape index (κ1) is 134. The molecule has 0 aliphatic rings. The monoisotopic (exact) mass is 1860 g/mol. The molecule has 0 aromatic heterocycles. The Morgan fingerprint density at radius 3 is 0.250 bits per heavy atom. The maximum absolute atomic E-state index is 8.83. The second kappa shape index (κ2) is 135. The van der Waals surface area contributed by atoms with Gasteiger partial charge in [0.05, 0.1) is 12.9 Å². The molecule has 2 heteroatoms. The fourth-order valence-electron chi connectivity index (χ4n) is 21.7. The molecule has 0 bridgehead atoms. The van der Waals surface area contributed by atoms with Crippen LogP contribution in [0.4, 0.5) is 0 Å². The third-order valence-electron chi connectivity index (χ3n) is 31.2. The Hall–Kier alpha value is -0.500. The minimum absolute atomic E-state index is 0.375. The maximum atomic E-state index is 8.83. The molecule has 0 aromatic carbocycles. The lowest BCUT2D eigenvalue weighted by atomic mass is 10.0. The molecule has 0 spiro atoms. The molecule has 0 aromatic rings. The number of unbranched alkanes of at least 4 members (excludes halogenated alkanes) is 122. The normalized spacial score (nSPS) is 11.7. The van der Waals surface area contributed by atoms with Gasteiger partial charge in [-0.2, -0.15) is 0 Å². The molecule has 132 heavy (non-hydrogen) atoms. The van der Waals surface area contributed by atoms with Crippen LogP contribution in [-0.2, 0) is 4.74 Å². The van der Waals surface area contributed by atoms with Gasteiger partial charge in [-0.15, -0.1) is 0 Å². The number of aliphatic hydroxyl groups excluding tert-OH is 1. The summed E-state index contributed by atoms with van der Waals surface area (Å²) in [4.78, 5) is 0. The molecule has 0 saturated carbocycles. The fourth-order valence-corrected chi connectivity index (χ4v) is 21.7. The van der Waals surface area contributed by atoms with E-state index < -0.39 is 0 Å². The van der Waals surface area contributed by atoms with E-state index in [0.717, 1.165) is 13.0 Å². The number of ether oxygens (including phenoxy) is 1. The van der Waals surface area contributed by atoms with Crippen molar-refractivity contribution in [3.8, 4) is 0 Å². The largest absolute Gasteiger partial charge is 0.502 e. The zero-order valence-electron chi connectivity index (χ0n) is 93.2. The second-order valence-corrected chi connectivity index (χ2v) is 44.9. The summed E-state index contributed by atoms with van der Waals surface area (Å²) in [6.45, 7) is 9.45. The predicted molar refractivity (Wildman–Crippen MR) is 607 cm³/mol. The zero-order chi connectivity index (χ0) is 94.5. The molecule has 0 amide bonds. The number of hydrogen-bond acceptors (Lipinski definition) is 2. The van der Waals surface area contributed by atoms with Gasteiger partial charge < -0.3 is 9.84 Å². The minimum Gasteiger partial charge on any atom is -0.502 e. The Morgan fingerprint density at radius 1 is 0.114 bits per heavy atom. The van der Waals surface area contributed by atoms with E-state index in [9.17, 15) is 0 Å². The molecule has 0 rings (SSSR count). The first-order valence-electron chi connectivity index (χ1n) is 64.7. The van der Waals surface area contributed by atoms with Crippen LogP contribution in [0, 0.1) is 0 Å². The summed E-state index contributed by atoms with van der Waals surface area (Å²) in [6.07, 6.45) is 184. The average Bonchev–Trinajstić information content (AvgIpc) is 1.12. The summed E-state index contributed by atoms with van der Waals surface area (Å²) < 4.78 is 5.19. The highest BCUT2D eigenvalue weighted by molar-refractivity contribution is 4.62. The van der Waals surface area contributed by atoms with Gasteiger partial charge in [0.1, 0.15) is 0 Å². The molecule has 0 radical (unpaired) electrons. The SMILES string of the molecule is C=COCCCCCCCCCCCCCCCCCCCCCCCCCCCCCCCCCCCCCCCCCCCCCCCCCCCCCCCCCCCCCCCC.CCCCCCCCCCCCCCCCCCCCCCCCCCCCCCCCCCCCCCCCCCCCCCCCCCCCCCCCCCCCCCCCO. The zero-order valence-corrected chi connectivity index (χ0v) is 93.2. The fraction of sp³-hybridized carbons (Fsp3) is 0.985. The first-order valence-corrected chi connectivity index (χ1v) is 64.7. The van der Waals surface area contributed by atoms with Gasteiger partial charge in [-0.25, -0.2) is 0 Å². The van der Waals surface area contributed by atoms with Crippen LogP contribution >= 0.6 is 0 Å². The van der Waals surface area contributed by atoms with Gasteiger partial charge in [-0.3, -0.25) is 0 Å². The Labute approximate surface area is 840 Å². The number of rotatable bonds is 126. The van der Waals surface area contributed by atoms with Gasteiger partial charge in [0.25, 0.3) is 0 Å². The van der Waals surface area contributed by atoms with Crippen LogP contribution in [-0.4, -0.2) is 18.3 Å². The van der Waals surface area contributed by atoms with Gasteiger partial charge in [0, 0.05) is 6.61 Å². The quantitative estimate of drug-likeness (QED) is 0.0486. The van der Waals surface area contributed by atoms with E-state index in [0.29, 0.717) is 6.61 Å². The smallest absolute Gasteiger partial charge is 0.0873 e. The van der Waals surface area contributed by atoms with Crippen LogP contribution in [0.15, 0.2) is 12.8 Å². The van der Waals surface area contributed by atoms with Crippen molar-refractivity contribution in [2.75, 3.05) is 13.2 Å². The molecular formula is C130H262O2. The van der Waals surface area contributed by atoms with E-state index in [1.165, 1.54) is 790 Å². The molecule has 0 unspecified atom stereocenters. The lowest BCUT2D eigenvalue weighted by Crippen LogP contribution is -1.87. The minimum atomic E-state index is 0.375. The van der Waals surface area contributed by atoms with Crippen LogP contribution in [0.1, 0.15) is 810 Å². The predicted octanol–water partition coefficient (Wildman–Crippen LogP) is 49.5. The molecule has 0 aliphatic carbocycles. The number of aliphatic hydroxyl groups is 1. The molecule has 0 aliphatic heterocycles. The molecule has 0 fully saturated rings. The molecule has 2 nitrogen and oxygen atoms in total. The van der Waals surface area contributed by atoms with Crippen molar-refractivity contribution >= 4 is 0 Å². The Morgan fingerprint density at radius 2 is 0.182 bits per heavy atom. The van der Waals surface area contributed by atoms with Crippen LogP contribution in [0.25, 0.3) is 0 Å². The van der Waals surface area contributed by atoms with Crippen molar-refractivity contribution in [1.82, 2.24) is 0 Å². The van der Waals surface area contributed by atoms with Gasteiger partial charge in [-0.1, -0.05) is 804 Å². The van der Waals surface area contributed by atoms with Crippen LogP contribution in [0.2, 0.25) is 0 Å². The van der Waals surface area contributed by atoms with Crippen LogP contribution in [0.3, 0.4) is 0 Å². The van der Waals surface area contributed by atoms with Crippen molar-refractivity contribution in [3.63, 3.8) is 0 Å². The van der Waals surface area contributed by atoms with Gasteiger partial charge in [0.2, 0.25) is 0 Å². The summed E-state index contributed by atoms with van der Waals surface area (Å²) in [5.74, 6) is 0. The lowest BCUT2D eigenvalue weighted by Gasteiger charge is -2.05. The average molecular weight is 1860 g/mol. The second-order valence-electron chi connectivity index (χ2n) is 44.9. The molecular weight excluding hydrogens is 1590 g/mol. The van der Waals surface area contributed by atoms with Crippen molar-refractivity contribution in [3.05, 3.63) is 12.8 Å². The van der Waals surface area contributed by atoms with Crippen molar-refractivity contribution < 1.29 is 9.84 Å². The van der Waals surface area contributed by atoms with E-state index >= 15 is 0 Å². The third kappa shape index (κ3) is 136.